The first-order chi connectivity index (χ1) is 30.8. The molecule has 0 aliphatic heterocycles. The number of hydrogen-bond acceptors (Lipinski definition) is 11. The molecule has 0 heterocycles. The number of nitrogens with one attached hydrogen (secondary N) is 1. The lowest BCUT2D eigenvalue weighted by molar-refractivity contribution is -0.220. The van der Waals surface area contributed by atoms with Crippen LogP contribution in [0.15, 0.2) is 24.3 Å². The fourth-order valence-electron chi connectivity index (χ4n) is 8.32. The predicted octanol–water partition coefficient (Wildman–Crippen LogP) is 9.54. The van der Waals surface area contributed by atoms with Crippen LogP contribution in [0.1, 0.15) is 226 Å². The second kappa shape index (κ2) is 39.7. The zero-order valence-corrected chi connectivity index (χ0v) is 41.1. The molecule has 1 amide bonds. The zero-order chi connectivity index (χ0) is 47.3. The molecule has 0 aromatic heterocycles. The van der Waals surface area contributed by atoms with Crippen molar-refractivity contribution in [3.63, 3.8) is 0 Å². The Morgan fingerprint density at radius 1 is 0.547 bits per heavy atom. The van der Waals surface area contributed by atoms with Crippen molar-refractivity contribution < 1.29 is 59.0 Å². The minimum absolute atomic E-state index is 0.249. The van der Waals surface area contributed by atoms with Gasteiger partial charge in [0.2, 0.25) is 5.91 Å². The number of hydrogen-bond donors (Lipinski definition) is 9. The van der Waals surface area contributed by atoms with Crippen LogP contribution in [0.4, 0.5) is 0 Å². The monoisotopic (exact) mass is 934 g/mol. The Hall–Kier alpha value is -1.22. The van der Waals surface area contributed by atoms with Crippen molar-refractivity contribution in [1.29, 1.82) is 0 Å². The number of aliphatic hydroxyl groups excluding tert-OH is 7. The van der Waals surface area contributed by atoms with Gasteiger partial charge in [-0.15, -0.1) is 0 Å². The highest BCUT2D eigenvalue weighted by Crippen LogP contribution is 2.47. The van der Waals surface area contributed by atoms with Gasteiger partial charge in [0.25, 0.3) is 0 Å². The number of carbonyl (C=O) groups excluding carboxylic acids is 1. The lowest BCUT2D eigenvalue weighted by Gasteiger charge is -2.41. The van der Waals surface area contributed by atoms with Gasteiger partial charge in [0.05, 0.1) is 31.3 Å². The zero-order valence-electron chi connectivity index (χ0n) is 40.2. The first kappa shape index (κ1) is 60.8. The van der Waals surface area contributed by atoms with Crippen molar-refractivity contribution in [1.82, 2.24) is 5.32 Å². The molecule has 0 bridgehead atoms. The molecule has 8 unspecified atom stereocenters. The molecule has 0 aromatic rings. The number of phosphoric acid groups is 1. The highest BCUT2D eigenvalue weighted by Gasteiger charge is 2.51. The smallest absolute Gasteiger partial charge is 0.393 e. The fraction of sp³-hybridized carbons (Fsp3) is 0.900. The van der Waals surface area contributed by atoms with Crippen molar-refractivity contribution in [3.8, 4) is 0 Å². The van der Waals surface area contributed by atoms with Gasteiger partial charge in [0.15, 0.2) is 0 Å². The summed E-state index contributed by atoms with van der Waals surface area (Å²) in [6, 6.07) is -1.25. The van der Waals surface area contributed by atoms with Gasteiger partial charge in [-0.25, -0.2) is 4.57 Å². The van der Waals surface area contributed by atoms with Crippen LogP contribution < -0.4 is 5.32 Å². The molecule has 8 atom stereocenters. The number of phosphoric ester groups is 1. The van der Waals surface area contributed by atoms with E-state index < -0.39 is 75.2 Å². The molecule has 0 saturated heterocycles. The SMILES string of the molecule is CCCCCCCCCCCCCCCCC/C=C/CC/C=C/C(O)C(COP(=O)(O)OC1C(O)C(O)C(O)C(O)C1O)NC(=O)CC(O)CCCCCCCCCCCCCCC. The van der Waals surface area contributed by atoms with E-state index in [4.69, 9.17) is 9.05 Å². The van der Waals surface area contributed by atoms with Gasteiger partial charge in [-0.05, 0) is 32.1 Å². The molecule has 378 valence electrons. The lowest BCUT2D eigenvalue weighted by atomic mass is 9.85. The average Bonchev–Trinajstić information content (AvgIpc) is 3.27. The molecule has 0 aromatic carbocycles. The van der Waals surface area contributed by atoms with Gasteiger partial charge >= 0.3 is 7.82 Å². The molecule has 0 radical (unpaired) electrons. The second-order valence-electron chi connectivity index (χ2n) is 18.6. The summed E-state index contributed by atoms with van der Waals surface area (Å²) in [5.41, 5.74) is 0. The maximum atomic E-state index is 13.0. The third kappa shape index (κ3) is 30.9. The predicted molar refractivity (Wildman–Crippen MR) is 257 cm³/mol. The van der Waals surface area contributed by atoms with Crippen molar-refractivity contribution in [3.05, 3.63) is 24.3 Å². The average molecular weight is 934 g/mol. The Kier molecular flexibility index (Phi) is 37.8. The summed E-state index contributed by atoms with van der Waals surface area (Å²) >= 11 is 0. The van der Waals surface area contributed by atoms with Crippen LogP contribution in [0.3, 0.4) is 0 Å². The number of allylic oxidation sites excluding steroid dienone is 3. The Balaban J connectivity index is 2.50. The van der Waals surface area contributed by atoms with Crippen molar-refractivity contribution >= 4 is 13.7 Å². The van der Waals surface area contributed by atoms with E-state index in [1.807, 2.05) is 0 Å². The number of unbranched alkanes of at least 4 members (excludes halogenated alkanes) is 28. The highest BCUT2D eigenvalue weighted by molar-refractivity contribution is 7.47. The summed E-state index contributed by atoms with van der Waals surface area (Å²) in [7, 11) is -5.15. The normalized spacial score (nSPS) is 22.8. The van der Waals surface area contributed by atoms with Crippen LogP contribution in [-0.2, 0) is 18.4 Å². The Morgan fingerprint density at radius 2 is 0.922 bits per heavy atom. The molecule has 64 heavy (non-hydrogen) atoms. The van der Waals surface area contributed by atoms with Crippen LogP contribution in [0.5, 0.6) is 0 Å². The van der Waals surface area contributed by atoms with E-state index in [-0.39, 0.29) is 6.42 Å². The molecule has 1 aliphatic carbocycles. The molecule has 9 N–H and O–H groups in total. The largest absolute Gasteiger partial charge is 0.472 e. The third-order valence-corrected chi connectivity index (χ3v) is 13.5. The molecular weight excluding hydrogens is 838 g/mol. The number of carbonyl (C=O) groups is 1. The molecule has 13 nitrogen and oxygen atoms in total. The van der Waals surface area contributed by atoms with E-state index >= 15 is 0 Å². The number of rotatable bonds is 43. The van der Waals surface area contributed by atoms with E-state index in [1.54, 1.807) is 6.08 Å². The van der Waals surface area contributed by atoms with E-state index in [9.17, 15) is 50.0 Å². The summed E-state index contributed by atoms with van der Waals surface area (Å²) in [5.74, 6) is -0.600. The van der Waals surface area contributed by atoms with E-state index in [1.165, 1.54) is 154 Å². The Morgan fingerprint density at radius 3 is 1.38 bits per heavy atom. The third-order valence-electron chi connectivity index (χ3n) is 12.5. The minimum Gasteiger partial charge on any atom is -0.393 e. The van der Waals surface area contributed by atoms with Crippen molar-refractivity contribution in [2.75, 3.05) is 6.61 Å². The summed E-state index contributed by atoms with van der Waals surface area (Å²) in [4.78, 5) is 23.5. The summed E-state index contributed by atoms with van der Waals surface area (Å²) < 4.78 is 22.9. The lowest BCUT2D eigenvalue weighted by Crippen LogP contribution is -2.64. The van der Waals surface area contributed by atoms with Gasteiger partial charge in [-0.2, -0.15) is 0 Å². The van der Waals surface area contributed by atoms with E-state index in [0.29, 0.717) is 12.8 Å². The van der Waals surface area contributed by atoms with Gasteiger partial charge in [0.1, 0.15) is 36.6 Å². The van der Waals surface area contributed by atoms with Crippen LogP contribution >= 0.6 is 7.82 Å². The standard InChI is InChI=1S/C50H96NO12P/c1-3-5-7-9-11-13-15-17-18-19-20-21-22-23-24-26-28-30-32-34-36-38-43(53)42(40-62-64(60,61)63-50-48(58)46(56)45(55)47(57)49(50)59)51-44(54)39-41(52)37-35-33-31-29-27-25-16-14-12-10-8-6-4-2/h28,30,36,38,41-43,45-50,52-53,55-59H,3-27,29,31-35,37,39-40H2,1-2H3,(H,51,54)(H,60,61)/b30-28+,38-36+. The van der Waals surface area contributed by atoms with Crippen LogP contribution in [0.25, 0.3) is 0 Å². The van der Waals surface area contributed by atoms with Crippen LogP contribution in [0, 0.1) is 0 Å². The van der Waals surface area contributed by atoms with Crippen LogP contribution in [0.2, 0.25) is 0 Å². The quantitative estimate of drug-likeness (QED) is 0.0158. The molecule has 14 heteroatoms. The van der Waals surface area contributed by atoms with E-state index in [2.05, 4.69) is 31.3 Å². The topological polar surface area (TPSA) is 226 Å². The molecule has 1 rings (SSSR count). The van der Waals surface area contributed by atoms with Crippen molar-refractivity contribution in [2.24, 2.45) is 0 Å². The minimum atomic E-state index is -5.15. The first-order valence-electron chi connectivity index (χ1n) is 25.9. The summed E-state index contributed by atoms with van der Waals surface area (Å²) in [6.07, 6.45) is 31.3. The van der Waals surface area contributed by atoms with Gasteiger partial charge in [-0.1, -0.05) is 212 Å². The molecular formula is C50H96NO12P. The summed E-state index contributed by atoms with van der Waals surface area (Å²) in [5, 5.41) is 74.6. The Bertz CT molecular complexity index is 1190. The van der Waals surface area contributed by atoms with Gasteiger partial charge < -0.3 is 46.0 Å². The Labute approximate surface area is 388 Å². The summed E-state index contributed by atoms with van der Waals surface area (Å²) in [6.45, 7) is 3.75. The number of amides is 1. The van der Waals surface area contributed by atoms with Gasteiger partial charge in [0, 0.05) is 0 Å². The van der Waals surface area contributed by atoms with Gasteiger partial charge in [-0.3, -0.25) is 13.8 Å². The highest BCUT2D eigenvalue weighted by atomic mass is 31.2. The molecule has 1 aliphatic rings. The fourth-order valence-corrected chi connectivity index (χ4v) is 9.28. The van der Waals surface area contributed by atoms with Crippen molar-refractivity contribution in [2.45, 2.75) is 281 Å². The first-order valence-corrected chi connectivity index (χ1v) is 27.4. The van der Waals surface area contributed by atoms with Crippen LogP contribution in [-0.4, -0.2) is 108 Å². The van der Waals surface area contributed by atoms with E-state index in [0.717, 1.165) is 44.9 Å². The maximum absolute atomic E-state index is 13.0. The maximum Gasteiger partial charge on any atom is 0.472 e. The second-order valence-corrected chi connectivity index (χ2v) is 20.0. The molecule has 1 saturated carbocycles. The number of aliphatic hydroxyl groups is 7. The molecule has 1 fully saturated rings. The molecule has 0 spiro atoms.